The normalized spacial score (nSPS) is 13.2. The second-order valence-electron chi connectivity index (χ2n) is 3.60. The highest BCUT2D eigenvalue weighted by Crippen LogP contribution is 2.36. The average molecular weight is 284 g/mol. The number of halogens is 3. The van der Waals surface area contributed by atoms with E-state index in [9.17, 15) is 5.11 Å². The zero-order valence-electron chi connectivity index (χ0n) is 8.95. The third kappa shape index (κ3) is 3.42. The summed E-state index contributed by atoms with van der Waals surface area (Å²) in [4.78, 5) is -0.923. The second kappa shape index (κ2) is 5.97. The minimum Gasteiger partial charge on any atom is -0.489 e. The van der Waals surface area contributed by atoms with Gasteiger partial charge < -0.3 is 9.84 Å². The van der Waals surface area contributed by atoms with Crippen LogP contribution < -0.4 is 4.74 Å². The Labute approximate surface area is 110 Å². The molecular formula is C11H13Cl3O2. The quantitative estimate of drug-likeness (QED) is 0.848. The molecular weight excluding hydrogens is 270 g/mol. The van der Waals surface area contributed by atoms with Crippen molar-refractivity contribution in [1.82, 2.24) is 0 Å². The molecule has 0 fully saturated rings. The molecule has 1 N–H and O–H groups in total. The first-order valence-corrected chi connectivity index (χ1v) is 6.10. The van der Waals surface area contributed by atoms with Gasteiger partial charge in [0, 0.05) is 5.56 Å². The van der Waals surface area contributed by atoms with Crippen LogP contribution in [0.15, 0.2) is 18.2 Å². The number of rotatable bonds is 4. The van der Waals surface area contributed by atoms with E-state index < -0.39 is 10.9 Å². The van der Waals surface area contributed by atoms with Crippen molar-refractivity contribution in [3.8, 4) is 5.75 Å². The summed E-state index contributed by atoms with van der Waals surface area (Å²) in [6, 6.07) is 5.09. The lowest BCUT2D eigenvalue weighted by Gasteiger charge is -2.19. The molecule has 1 unspecified atom stereocenters. The minimum absolute atomic E-state index is 0.0463. The number of aliphatic hydroxyl groups excluding tert-OH is 1. The van der Waals surface area contributed by atoms with Gasteiger partial charge >= 0.3 is 0 Å². The van der Waals surface area contributed by atoms with E-state index >= 15 is 0 Å². The van der Waals surface area contributed by atoms with Crippen molar-refractivity contribution in [3.63, 3.8) is 0 Å². The second-order valence-corrected chi connectivity index (χ2v) is 5.18. The monoisotopic (exact) mass is 282 g/mol. The van der Waals surface area contributed by atoms with Crippen LogP contribution in [-0.2, 0) is 0 Å². The highest BCUT2D eigenvalue weighted by molar-refractivity contribution is 6.44. The van der Waals surface area contributed by atoms with E-state index in [-0.39, 0.29) is 6.10 Å². The van der Waals surface area contributed by atoms with Gasteiger partial charge in [0.25, 0.3) is 0 Å². The van der Waals surface area contributed by atoms with E-state index in [0.717, 1.165) is 0 Å². The van der Waals surface area contributed by atoms with Crippen molar-refractivity contribution in [2.45, 2.75) is 30.9 Å². The fourth-order valence-electron chi connectivity index (χ4n) is 1.25. The maximum absolute atomic E-state index is 9.81. The maximum atomic E-state index is 9.81. The molecule has 0 aliphatic heterocycles. The number of alkyl halides is 2. The molecule has 0 aromatic heterocycles. The molecule has 5 heteroatoms. The van der Waals surface area contributed by atoms with E-state index in [1.807, 2.05) is 13.8 Å². The van der Waals surface area contributed by atoms with E-state index in [1.165, 1.54) is 0 Å². The van der Waals surface area contributed by atoms with Crippen LogP contribution in [0.3, 0.4) is 0 Å². The Kier molecular flexibility index (Phi) is 5.19. The van der Waals surface area contributed by atoms with Crippen molar-refractivity contribution in [2.75, 3.05) is 0 Å². The van der Waals surface area contributed by atoms with Crippen LogP contribution in [0.2, 0.25) is 5.02 Å². The van der Waals surface area contributed by atoms with Crippen molar-refractivity contribution < 1.29 is 9.84 Å². The Morgan fingerprint density at radius 1 is 1.25 bits per heavy atom. The van der Waals surface area contributed by atoms with Crippen LogP contribution in [-0.4, -0.2) is 16.0 Å². The largest absolute Gasteiger partial charge is 0.489 e. The number of aliphatic hydroxyl groups is 1. The lowest BCUT2D eigenvalue weighted by molar-refractivity contribution is 0.178. The van der Waals surface area contributed by atoms with Crippen LogP contribution in [0.1, 0.15) is 25.5 Å². The van der Waals surface area contributed by atoms with Gasteiger partial charge in [-0.3, -0.25) is 0 Å². The molecule has 0 amide bonds. The Morgan fingerprint density at radius 2 is 1.88 bits per heavy atom. The number of benzene rings is 1. The minimum atomic E-state index is -1.02. The van der Waals surface area contributed by atoms with Gasteiger partial charge in [-0.25, -0.2) is 0 Å². The molecule has 1 rings (SSSR count). The van der Waals surface area contributed by atoms with Crippen LogP contribution in [0.4, 0.5) is 0 Å². The Morgan fingerprint density at radius 3 is 2.38 bits per heavy atom. The SMILES string of the molecule is CC(C)Oc1c(Cl)cccc1C(O)C(Cl)Cl. The molecule has 1 aromatic carbocycles. The summed E-state index contributed by atoms with van der Waals surface area (Å²) < 4.78 is 5.54. The summed E-state index contributed by atoms with van der Waals surface area (Å²) >= 11 is 17.3. The summed E-state index contributed by atoms with van der Waals surface area (Å²) in [6.07, 6.45) is -1.06. The van der Waals surface area contributed by atoms with Gasteiger partial charge in [0.2, 0.25) is 0 Å². The lowest BCUT2D eigenvalue weighted by Crippen LogP contribution is -2.12. The van der Waals surface area contributed by atoms with Gasteiger partial charge in [0.1, 0.15) is 16.7 Å². The fourth-order valence-corrected chi connectivity index (χ4v) is 1.75. The van der Waals surface area contributed by atoms with Gasteiger partial charge in [0.05, 0.1) is 11.1 Å². The molecule has 0 radical (unpaired) electrons. The third-order valence-corrected chi connectivity index (χ3v) is 2.68. The van der Waals surface area contributed by atoms with Crippen molar-refractivity contribution in [3.05, 3.63) is 28.8 Å². The smallest absolute Gasteiger partial charge is 0.144 e. The Balaban J connectivity index is 3.12. The molecule has 0 saturated heterocycles. The molecule has 0 heterocycles. The van der Waals surface area contributed by atoms with E-state index in [4.69, 9.17) is 39.5 Å². The van der Waals surface area contributed by atoms with Crippen molar-refractivity contribution in [2.24, 2.45) is 0 Å². The van der Waals surface area contributed by atoms with Gasteiger partial charge in [-0.1, -0.05) is 23.7 Å². The Hall–Kier alpha value is -0.150. The van der Waals surface area contributed by atoms with E-state index in [1.54, 1.807) is 18.2 Å². The van der Waals surface area contributed by atoms with E-state index in [0.29, 0.717) is 16.3 Å². The summed E-state index contributed by atoms with van der Waals surface area (Å²) in [6.45, 7) is 3.75. The number of hydrogen-bond acceptors (Lipinski definition) is 2. The molecule has 1 aromatic rings. The highest BCUT2D eigenvalue weighted by atomic mass is 35.5. The predicted octanol–water partition coefficient (Wildman–Crippen LogP) is 3.96. The lowest BCUT2D eigenvalue weighted by atomic mass is 10.1. The van der Waals surface area contributed by atoms with Crippen molar-refractivity contribution >= 4 is 34.8 Å². The van der Waals surface area contributed by atoms with Crippen LogP contribution in [0.25, 0.3) is 0 Å². The first-order valence-electron chi connectivity index (χ1n) is 4.84. The molecule has 0 aliphatic carbocycles. The molecule has 0 spiro atoms. The third-order valence-electron chi connectivity index (χ3n) is 1.91. The van der Waals surface area contributed by atoms with E-state index in [2.05, 4.69) is 0 Å². The summed E-state index contributed by atoms with van der Waals surface area (Å²) in [5.41, 5.74) is 0.496. The van der Waals surface area contributed by atoms with Crippen LogP contribution >= 0.6 is 34.8 Å². The number of hydrogen-bond donors (Lipinski definition) is 1. The average Bonchev–Trinajstić information content (AvgIpc) is 2.19. The predicted molar refractivity (Wildman–Crippen MR) is 67.7 cm³/mol. The maximum Gasteiger partial charge on any atom is 0.144 e. The topological polar surface area (TPSA) is 29.5 Å². The Bertz CT molecular complexity index is 353. The molecule has 0 aliphatic rings. The molecule has 90 valence electrons. The van der Waals surface area contributed by atoms with Gasteiger partial charge in [0.15, 0.2) is 0 Å². The van der Waals surface area contributed by atoms with Gasteiger partial charge in [-0.15, -0.1) is 23.2 Å². The standard InChI is InChI=1S/C11H13Cl3O2/c1-6(2)16-10-7(9(15)11(13)14)4-3-5-8(10)12/h3-6,9,11,15H,1-2H3. The highest BCUT2D eigenvalue weighted by Gasteiger charge is 2.22. The zero-order chi connectivity index (χ0) is 12.3. The summed E-state index contributed by atoms with van der Waals surface area (Å²) in [5, 5.41) is 10.2. The molecule has 16 heavy (non-hydrogen) atoms. The first-order chi connectivity index (χ1) is 7.43. The molecule has 2 nitrogen and oxygen atoms in total. The first kappa shape index (κ1) is 13.9. The number of para-hydroxylation sites is 1. The van der Waals surface area contributed by atoms with Crippen molar-refractivity contribution in [1.29, 1.82) is 0 Å². The number of ether oxygens (including phenoxy) is 1. The van der Waals surface area contributed by atoms with Gasteiger partial charge in [-0.2, -0.15) is 0 Å². The zero-order valence-corrected chi connectivity index (χ0v) is 11.2. The van der Waals surface area contributed by atoms with Crippen LogP contribution in [0.5, 0.6) is 5.75 Å². The fraction of sp³-hybridized carbons (Fsp3) is 0.455. The molecule has 0 bridgehead atoms. The van der Waals surface area contributed by atoms with Crippen LogP contribution in [0, 0.1) is 0 Å². The van der Waals surface area contributed by atoms with Gasteiger partial charge in [-0.05, 0) is 19.9 Å². The molecule has 0 saturated carbocycles. The molecule has 1 atom stereocenters. The summed E-state index contributed by atoms with van der Waals surface area (Å²) in [5.74, 6) is 0.429. The summed E-state index contributed by atoms with van der Waals surface area (Å²) in [7, 11) is 0.